The molecule has 0 radical (unpaired) electrons. The van der Waals surface area contributed by atoms with Crippen molar-refractivity contribution in [3.63, 3.8) is 0 Å². The maximum Gasteiger partial charge on any atom is 0.286 e. The Hall–Kier alpha value is -3.54. The zero-order valence-corrected chi connectivity index (χ0v) is 17.5. The maximum atomic E-state index is 12.1. The van der Waals surface area contributed by atoms with Crippen molar-refractivity contribution >= 4 is 17.5 Å². The van der Waals surface area contributed by atoms with E-state index in [9.17, 15) is 9.59 Å². The van der Waals surface area contributed by atoms with Gasteiger partial charge in [-0.1, -0.05) is 42.5 Å². The molecule has 0 saturated heterocycles. The molecule has 0 aliphatic carbocycles. The number of fused-ring (bicyclic) bond motifs is 1. The average molecular weight is 418 g/mol. The number of nitrogens with one attached hydrogen (secondary N) is 2. The fourth-order valence-corrected chi connectivity index (χ4v) is 3.79. The zero-order valence-electron chi connectivity index (χ0n) is 17.5. The number of nitrogens with zero attached hydrogens (tertiary/aromatic N) is 1. The van der Waals surface area contributed by atoms with Crippen molar-refractivity contribution in [2.75, 3.05) is 18.0 Å². The highest BCUT2D eigenvalue weighted by atomic mass is 16.3. The first-order valence-electron chi connectivity index (χ1n) is 10.7. The Morgan fingerprint density at radius 1 is 0.935 bits per heavy atom. The summed E-state index contributed by atoms with van der Waals surface area (Å²) in [7, 11) is 0. The van der Waals surface area contributed by atoms with Gasteiger partial charge in [-0.25, -0.2) is 0 Å². The highest BCUT2D eigenvalue weighted by Crippen LogP contribution is 2.28. The number of hydrogen-bond donors (Lipinski definition) is 2. The van der Waals surface area contributed by atoms with Crippen LogP contribution in [0.2, 0.25) is 0 Å². The third-order valence-corrected chi connectivity index (χ3v) is 5.48. The average Bonchev–Trinajstić information content (AvgIpc) is 3.47. The van der Waals surface area contributed by atoms with E-state index in [1.165, 1.54) is 23.1 Å². The largest absolute Gasteiger partial charge is 0.459 e. The summed E-state index contributed by atoms with van der Waals surface area (Å²) in [4.78, 5) is 26.2. The molecule has 0 spiro atoms. The van der Waals surface area contributed by atoms with Crippen LogP contribution in [-0.2, 0) is 24.3 Å². The normalized spacial score (nSPS) is 12.5. The van der Waals surface area contributed by atoms with Gasteiger partial charge in [-0.3, -0.25) is 9.59 Å². The lowest BCUT2D eigenvalue weighted by Crippen LogP contribution is -2.27. The number of carbonyl (C=O) groups excluding carboxylic acids is 2. The van der Waals surface area contributed by atoms with Gasteiger partial charge in [0.1, 0.15) is 0 Å². The molecule has 4 rings (SSSR count). The van der Waals surface area contributed by atoms with Gasteiger partial charge in [-0.2, -0.15) is 0 Å². The molecular formula is C25H27N3O3. The number of furan rings is 1. The summed E-state index contributed by atoms with van der Waals surface area (Å²) in [5.41, 5.74) is 5.09. The minimum atomic E-state index is -0.261. The van der Waals surface area contributed by atoms with Crippen molar-refractivity contribution < 1.29 is 14.0 Å². The summed E-state index contributed by atoms with van der Waals surface area (Å²) < 4.78 is 5.03. The minimum absolute atomic E-state index is 0.0232. The molecule has 31 heavy (non-hydrogen) atoms. The molecule has 1 aliphatic rings. The van der Waals surface area contributed by atoms with Crippen molar-refractivity contribution in [2.45, 2.75) is 32.4 Å². The van der Waals surface area contributed by atoms with Gasteiger partial charge in [-0.15, -0.1) is 0 Å². The molecular weight excluding hydrogens is 390 g/mol. The van der Waals surface area contributed by atoms with Crippen LogP contribution >= 0.6 is 0 Å². The van der Waals surface area contributed by atoms with Gasteiger partial charge in [0, 0.05) is 38.3 Å². The van der Waals surface area contributed by atoms with Gasteiger partial charge in [0.2, 0.25) is 5.91 Å². The van der Waals surface area contributed by atoms with Gasteiger partial charge < -0.3 is 20.0 Å². The van der Waals surface area contributed by atoms with Crippen LogP contribution in [0.5, 0.6) is 0 Å². The number of hydrogen-bond acceptors (Lipinski definition) is 4. The second-order valence-electron chi connectivity index (χ2n) is 7.73. The summed E-state index contributed by atoms with van der Waals surface area (Å²) in [6.07, 6.45) is 3.51. The quantitative estimate of drug-likeness (QED) is 0.521. The molecule has 0 fully saturated rings. The van der Waals surface area contributed by atoms with Crippen molar-refractivity contribution in [1.82, 2.24) is 10.6 Å². The molecule has 6 nitrogen and oxygen atoms in total. The van der Waals surface area contributed by atoms with Crippen molar-refractivity contribution in [3.05, 3.63) is 89.4 Å². The van der Waals surface area contributed by atoms with Gasteiger partial charge >= 0.3 is 0 Å². The molecule has 3 aromatic rings. The van der Waals surface area contributed by atoms with E-state index in [0.29, 0.717) is 25.9 Å². The summed E-state index contributed by atoms with van der Waals surface area (Å²) in [6, 6.07) is 20.3. The van der Waals surface area contributed by atoms with Crippen LogP contribution in [0, 0.1) is 0 Å². The lowest BCUT2D eigenvalue weighted by atomic mass is 10.1. The van der Waals surface area contributed by atoms with Crippen LogP contribution in [-0.4, -0.2) is 24.9 Å². The number of benzene rings is 2. The van der Waals surface area contributed by atoms with Crippen LogP contribution in [0.15, 0.2) is 71.3 Å². The van der Waals surface area contributed by atoms with Crippen molar-refractivity contribution in [2.24, 2.45) is 0 Å². The maximum absolute atomic E-state index is 12.1. The topological polar surface area (TPSA) is 74.6 Å². The number of anilines is 1. The van der Waals surface area contributed by atoms with Gasteiger partial charge in [0.05, 0.1) is 6.26 Å². The standard InChI is InChI=1S/C25H27N3O3/c29-24(8-3-14-26-25(30)23-7-4-16-31-23)27-17-19-9-11-20(12-10-19)18-28-15-13-21-5-1-2-6-22(21)28/h1-2,4-7,9-12,16H,3,8,13-15,17-18H2,(H,26,30)(H,27,29). The first-order valence-corrected chi connectivity index (χ1v) is 10.7. The number of rotatable bonds is 9. The monoisotopic (exact) mass is 417 g/mol. The van der Waals surface area contributed by atoms with Crippen LogP contribution in [0.4, 0.5) is 5.69 Å². The Balaban J connectivity index is 1.16. The number of para-hydroxylation sites is 1. The summed E-state index contributed by atoms with van der Waals surface area (Å²) >= 11 is 0. The molecule has 2 heterocycles. The molecule has 2 amide bonds. The Kier molecular flexibility index (Phi) is 6.67. The van der Waals surface area contributed by atoms with E-state index in [1.807, 2.05) is 0 Å². The molecule has 2 N–H and O–H groups in total. The molecule has 6 heteroatoms. The van der Waals surface area contributed by atoms with E-state index in [0.717, 1.165) is 25.1 Å². The van der Waals surface area contributed by atoms with Gasteiger partial charge in [0.15, 0.2) is 5.76 Å². The third kappa shape index (κ3) is 5.54. The molecule has 160 valence electrons. The van der Waals surface area contributed by atoms with E-state index in [2.05, 4.69) is 64.1 Å². The molecule has 0 saturated carbocycles. The second-order valence-corrected chi connectivity index (χ2v) is 7.73. The Bertz CT molecular complexity index is 1010. The van der Waals surface area contributed by atoms with Crippen LogP contribution in [0.25, 0.3) is 0 Å². The first-order chi connectivity index (χ1) is 15.2. The highest BCUT2D eigenvalue weighted by Gasteiger charge is 2.18. The van der Waals surface area contributed by atoms with Crippen molar-refractivity contribution in [3.8, 4) is 0 Å². The van der Waals surface area contributed by atoms with Gasteiger partial charge in [0.25, 0.3) is 5.91 Å². The number of carbonyl (C=O) groups is 2. The van der Waals surface area contributed by atoms with Gasteiger partial charge in [-0.05, 0) is 47.7 Å². The molecule has 1 aliphatic heterocycles. The Morgan fingerprint density at radius 2 is 1.74 bits per heavy atom. The lowest BCUT2D eigenvalue weighted by molar-refractivity contribution is -0.121. The summed E-state index contributed by atoms with van der Waals surface area (Å²) in [5.74, 6) is -0.00486. The first kappa shape index (κ1) is 20.7. The van der Waals surface area contributed by atoms with E-state index >= 15 is 0 Å². The fraction of sp³-hybridized carbons (Fsp3) is 0.280. The van der Waals surface area contributed by atoms with E-state index < -0.39 is 0 Å². The number of amides is 2. The Labute approximate surface area is 182 Å². The SMILES string of the molecule is O=C(CCCNC(=O)c1ccco1)NCc1ccc(CN2CCc3ccccc32)cc1. The molecule has 0 bridgehead atoms. The zero-order chi connectivity index (χ0) is 21.5. The minimum Gasteiger partial charge on any atom is -0.459 e. The molecule has 0 unspecified atom stereocenters. The summed E-state index contributed by atoms with van der Waals surface area (Å²) in [5, 5.41) is 5.68. The van der Waals surface area contributed by atoms with Crippen LogP contribution < -0.4 is 15.5 Å². The molecule has 2 aromatic carbocycles. The lowest BCUT2D eigenvalue weighted by Gasteiger charge is -2.19. The van der Waals surface area contributed by atoms with Crippen molar-refractivity contribution in [1.29, 1.82) is 0 Å². The van der Waals surface area contributed by atoms with E-state index in [4.69, 9.17) is 4.42 Å². The smallest absolute Gasteiger partial charge is 0.286 e. The highest BCUT2D eigenvalue weighted by molar-refractivity contribution is 5.91. The van der Waals surface area contributed by atoms with E-state index in [1.54, 1.807) is 12.1 Å². The molecule has 0 atom stereocenters. The van der Waals surface area contributed by atoms with E-state index in [-0.39, 0.29) is 17.6 Å². The summed E-state index contributed by atoms with van der Waals surface area (Å²) in [6.45, 7) is 2.89. The predicted octanol–water partition coefficient (Wildman–Crippen LogP) is 3.67. The third-order valence-electron chi connectivity index (χ3n) is 5.48. The van der Waals surface area contributed by atoms with Crippen LogP contribution in [0.1, 0.15) is 40.1 Å². The second kappa shape index (κ2) is 9.98. The fourth-order valence-electron chi connectivity index (χ4n) is 3.79. The molecule has 1 aromatic heterocycles. The van der Waals surface area contributed by atoms with Crippen LogP contribution in [0.3, 0.4) is 0 Å². The Morgan fingerprint density at radius 3 is 2.55 bits per heavy atom. The predicted molar refractivity (Wildman–Crippen MR) is 120 cm³/mol.